The minimum absolute atomic E-state index is 0.0399. The first kappa shape index (κ1) is 12.7. The summed E-state index contributed by atoms with van der Waals surface area (Å²) < 4.78 is 0. The van der Waals surface area contributed by atoms with Gasteiger partial charge in [-0.3, -0.25) is 9.59 Å². The summed E-state index contributed by atoms with van der Waals surface area (Å²) in [7, 11) is 0. The van der Waals surface area contributed by atoms with Gasteiger partial charge in [-0.05, 0) is 42.0 Å². The van der Waals surface area contributed by atoms with E-state index in [1.165, 1.54) is 0 Å². The Hall–Kier alpha value is -2.27. The van der Waals surface area contributed by atoms with Gasteiger partial charge in [0.1, 0.15) is 0 Å². The van der Waals surface area contributed by atoms with Gasteiger partial charge in [0, 0.05) is 21.8 Å². The highest BCUT2D eigenvalue weighted by Gasteiger charge is 2.19. The largest absolute Gasteiger partial charge is 0.326 e. The summed E-state index contributed by atoms with van der Waals surface area (Å²) in [4.78, 5) is 24.3. The molecule has 0 aliphatic carbocycles. The van der Waals surface area contributed by atoms with Gasteiger partial charge >= 0.3 is 0 Å². The van der Waals surface area contributed by atoms with Crippen LogP contribution < -0.4 is 10.6 Å². The molecule has 0 radical (unpaired) electrons. The maximum absolute atomic E-state index is 12.1. The normalized spacial score (nSPS) is 12.8. The summed E-state index contributed by atoms with van der Waals surface area (Å²) in [5.74, 6) is -0.247. The van der Waals surface area contributed by atoms with Crippen molar-refractivity contribution in [2.75, 3.05) is 10.6 Å². The van der Waals surface area contributed by atoms with Gasteiger partial charge in [-0.15, -0.1) is 12.6 Å². The van der Waals surface area contributed by atoms with Crippen molar-refractivity contribution in [3.05, 3.63) is 53.6 Å². The molecule has 0 fully saturated rings. The van der Waals surface area contributed by atoms with Crippen molar-refractivity contribution >= 4 is 35.8 Å². The first-order chi connectivity index (χ1) is 9.61. The van der Waals surface area contributed by atoms with Crippen molar-refractivity contribution < 1.29 is 9.59 Å². The van der Waals surface area contributed by atoms with Crippen LogP contribution >= 0.6 is 12.6 Å². The lowest BCUT2D eigenvalue weighted by molar-refractivity contribution is -0.115. The Morgan fingerprint density at radius 2 is 1.90 bits per heavy atom. The van der Waals surface area contributed by atoms with Gasteiger partial charge in [-0.1, -0.05) is 6.07 Å². The number of amides is 2. The van der Waals surface area contributed by atoms with E-state index in [4.69, 9.17) is 0 Å². The first-order valence-corrected chi connectivity index (χ1v) is 6.60. The van der Waals surface area contributed by atoms with E-state index in [9.17, 15) is 9.59 Å². The van der Waals surface area contributed by atoms with Crippen LogP contribution in [0, 0.1) is 0 Å². The summed E-state index contributed by atoms with van der Waals surface area (Å²) in [5.41, 5.74) is 2.86. The average Bonchev–Trinajstić information content (AvgIpc) is 2.80. The van der Waals surface area contributed by atoms with E-state index in [-0.39, 0.29) is 11.8 Å². The second-order valence-corrected chi connectivity index (χ2v) is 5.11. The molecule has 1 aliphatic heterocycles. The smallest absolute Gasteiger partial charge is 0.255 e. The molecule has 100 valence electrons. The van der Waals surface area contributed by atoms with Crippen LogP contribution in [0.15, 0.2) is 47.4 Å². The monoisotopic (exact) mass is 284 g/mol. The molecular weight excluding hydrogens is 272 g/mol. The second-order valence-electron chi connectivity index (χ2n) is 4.60. The van der Waals surface area contributed by atoms with Gasteiger partial charge in [0.2, 0.25) is 5.91 Å². The van der Waals surface area contributed by atoms with E-state index < -0.39 is 0 Å². The van der Waals surface area contributed by atoms with E-state index in [1.807, 2.05) is 12.1 Å². The molecule has 0 aromatic heterocycles. The number of anilines is 2. The van der Waals surface area contributed by atoms with Crippen molar-refractivity contribution in [1.82, 2.24) is 0 Å². The van der Waals surface area contributed by atoms with Crippen LogP contribution in [-0.2, 0) is 11.2 Å². The fourth-order valence-corrected chi connectivity index (χ4v) is 2.25. The van der Waals surface area contributed by atoms with Crippen LogP contribution in [0.1, 0.15) is 15.9 Å². The average molecular weight is 284 g/mol. The van der Waals surface area contributed by atoms with E-state index in [0.29, 0.717) is 23.4 Å². The predicted molar refractivity (Wildman–Crippen MR) is 80.4 cm³/mol. The molecule has 0 spiro atoms. The maximum Gasteiger partial charge on any atom is 0.255 e. The molecule has 20 heavy (non-hydrogen) atoms. The standard InChI is InChI=1S/C15H12N2O2S/c18-14-8-9-1-2-10(7-13(9)17-14)15(19)16-11-3-5-12(20)6-4-11/h1-7,20H,8H2,(H,16,19)(H,17,18). The van der Waals surface area contributed by atoms with Crippen LogP contribution in [0.2, 0.25) is 0 Å². The molecule has 2 aromatic carbocycles. The summed E-state index contributed by atoms with van der Waals surface area (Å²) in [6.45, 7) is 0. The molecule has 5 heteroatoms. The minimum atomic E-state index is -0.208. The zero-order valence-electron chi connectivity index (χ0n) is 10.5. The van der Waals surface area contributed by atoms with Gasteiger partial charge in [0.25, 0.3) is 5.91 Å². The summed E-state index contributed by atoms with van der Waals surface area (Å²) >= 11 is 4.19. The molecule has 2 N–H and O–H groups in total. The minimum Gasteiger partial charge on any atom is -0.326 e. The number of hydrogen-bond donors (Lipinski definition) is 3. The van der Waals surface area contributed by atoms with Gasteiger partial charge in [0.05, 0.1) is 6.42 Å². The third-order valence-electron chi connectivity index (χ3n) is 3.12. The summed E-state index contributed by atoms with van der Waals surface area (Å²) in [5, 5.41) is 5.54. The quantitative estimate of drug-likeness (QED) is 0.743. The molecule has 0 saturated heterocycles. The molecule has 0 unspecified atom stereocenters. The van der Waals surface area contributed by atoms with Crippen LogP contribution in [0.25, 0.3) is 0 Å². The van der Waals surface area contributed by atoms with Gasteiger partial charge in [0.15, 0.2) is 0 Å². The predicted octanol–water partition coefficient (Wildman–Crippen LogP) is 2.72. The lowest BCUT2D eigenvalue weighted by atomic mass is 10.1. The first-order valence-electron chi connectivity index (χ1n) is 6.15. The molecule has 1 heterocycles. The fraction of sp³-hybridized carbons (Fsp3) is 0.0667. The highest BCUT2D eigenvalue weighted by Crippen LogP contribution is 2.24. The Balaban J connectivity index is 1.79. The van der Waals surface area contributed by atoms with Crippen molar-refractivity contribution in [2.45, 2.75) is 11.3 Å². The van der Waals surface area contributed by atoms with Crippen LogP contribution in [0.5, 0.6) is 0 Å². The third-order valence-corrected chi connectivity index (χ3v) is 3.42. The van der Waals surface area contributed by atoms with Crippen LogP contribution in [0.3, 0.4) is 0 Å². The number of carbonyl (C=O) groups is 2. The fourth-order valence-electron chi connectivity index (χ4n) is 2.10. The number of hydrogen-bond acceptors (Lipinski definition) is 3. The lowest BCUT2D eigenvalue weighted by Crippen LogP contribution is -2.12. The molecule has 0 saturated carbocycles. The Kier molecular flexibility index (Phi) is 3.20. The van der Waals surface area contributed by atoms with E-state index >= 15 is 0 Å². The molecule has 0 bridgehead atoms. The van der Waals surface area contributed by atoms with Gasteiger partial charge < -0.3 is 10.6 Å². The zero-order chi connectivity index (χ0) is 14.1. The van der Waals surface area contributed by atoms with Crippen molar-refractivity contribution in [3.8, 4) is 0 Å². The number of thiol groups is 1. The molecule has 3 rings (SSSR count). The number of fused-ring (bicyclic) bond motifs is 1. The lowest BCUT2D eigenvalue weighted by Gasteiger charge is -2.07. The van der Waals surface area contributed by atoms with E-state index in [2.05, 4.69) is 23.3 Å². The second kappa shape index (κ2) is 5.02. The Morgan fingerprint density at radius 1 is 1.15 bits per heavy atom. The molecule has 4 nitrogen and oxygen atoms in total. The summed E-state index contributed by atoms with van der Waals surface area (Å²) in [6, 6.07) is 12.4. The van der Waals surface area contributed by atoms with Crippen LogP contribution in [-0.4, -0.2) is 11.8 Å². The van der Waals surface area contributed by atoms with Crippen LogP contribution in [0.4, 0.5) is 11.4 Å². The Bertz CT molecular complexity index is 696. The SMILES string of the molecule is O=C1Cc2ccc(C(=O)Nc3ccc(S)cc3)cc2N1. The number of carbonyl (C=O) groups excluding carboxylic acids is 2. The highest BCUT2D eigenvalue weighted by atomic mass is 32.1. The van der Waals surface area contributed by atoms with E-state index in [1.54, 1.807) is 30.3 Å². The third kappa shape index (κ3) is 2.53. The number of benzene rings is 2. The highest BCUT2D eigenvalue weighted by molar-refractivity contribution is 7.80. The molecule has 2 aromatic rings. The molecule has 1 aliphatic rings. The van der Waals surface area contributed by atoms with Gasteiger partial charge in [-0.25, -0.2) is 0 Å². The van der Waals surface area contributed by atoms with Crippen molar-refractivity contribution in [2.24, 2.45) is 0 Å². The van der Waals surface area contributed by atoms with Crippen molar-refractivity contribution in [1.29, 1.82) is 0 Å². The Labute approximate surface area is 121 Å². The number of rotatable bonds is 2. The molecule has 2 amide bonds. The number of nitrogens with one attached hydrogen (secondary N) is 2. The maximum atomic E-state index is 12.1. The van der Waals surface area contributed by atoms with Gasteiger partial charge in [-0.2, -0.15) is 0 Å². The van der Waals surface area contributed by atoms with Crippen molar-refractivity contribution in [3.63, 3.8) is 0 Å². The molecular formula is C15H12N2O2S. The topological polar surface area (TPSA) is 58.2 Å². The zero-order valence-corrected chi connectivity index (χ0v) is 11.4. The summed E-state index contributed by atoms with van der Waals surface area (Å²) in [6.07, 6.45) is 0.376. The van der Waals surface area contributed by atoms with E-state index in [0.717, 1.165) is 10.5 Å². The Morgan fingerprint density at radius 3 is 2.65 bits per heavy atom. The molecule has 0 atom stereocenters.